The molecule has 1 aromatic carbocycles. The molecule has 0 bridgehead atoms. The Bertz CT molecular complexity index is 346. The van der Waals surface area contributed by atoms with Crippen LogP contribution < -0.4 is 5.32 Å². The molecule has 1 atom stereocenters. The first-order valence-electron chi connectivity index (χ1n) is 5.68. The second kappa shape index (κ2) is 9.14. The Kier molecular flexibility index (Phi) is 8.71. The van der Waals surface area contributed by atoms with Crippen LogP contribution in [-0.4, -0.2) is 43.9 Å². The van der Waals surface area contributed by atoms with E-state index in [-0.39, 0.29) is 12.4 Å². The molecule has 5 heteroatoms. The Morgan fingerprint density at radius 2 is 1.94 bits per heavy atom. The van der Waals surface area contributed by atoms with E-state index in [1.54, 1.807) is 7.05 Å². The topological polar surface area (TPSA) is 24.5 Å². The van der Waals surface area contributed by atoms with Crippen molar-refractivity contribution in [3.8, 4) is 0 Å². The zero-order valence-corrected chi connectivity index (χ0v) is 12.7. The highest BCUT2D eigenvalue weighted by atomic mass is 35.5. The van der Waals surface area contributed by atoms with Crippen LogP contribution in [0, 0.1) is 0 Å². The van der Waals surface area contributed by atoms with Crippen molar-refractivity contribution in [3.63, 3.8) is 0 Å². The summed E-state index contributed by atoms with van der Waals surface area (Å²) in [6.07, 6.45) is 0.958. The van der Waals surface area contributed by atoms with Gasteiger partial charge in [0.15, 0.2) is 0 Å². The van der Waals surface area contributed by atoms with Crippen LogP contribution >= 0.6 is 24.6 Å². The van der Waals surface area contributed by atoms with Gasteiger partial charge in [-0.15, -0.1) is 12.4 Å². The van der Waals surface area contributed by atoms with E-state index in [0.29, 0.717) is 17.8 Å². The molecule has 0 spiro atoms. The number of benzene rings is 1. The fourth-order valence-corrected chi connectivity index (χ4v) is 1.59. The predicted octanol–water partition coefficient (Wildman–Crippen LogP) is 2.10. The normalized spacial score (nSPS) is 11.6. The van der Waals surface area contributed by atoms with E-state index in [1.807, 2.05) is 6.07 Å². The van der Waals surface area contributed by atoms with E-state index >= 15 is 0 Å². The lowest BCUT2D eigenvalue weighted by Gasteiger charge is -2.24. The largest absolute Gasteiger partial charge is 0.469 e. The van der Waals surface area contributed by atoms with Crippen LogP contribution in [0.5, 0.6) is 0 Å². The van der Waals surface area contributed by atoms with Gasteiger partial charge in [-0.2, -0.15) is 0 Å². The molecule has 18 heavy (non-hydrogen) atoms. The van der Waals surface area contributed by atoms with Gasteiger partial charge in [-0.25, -0.2) is 0 Å². The molecule has 3 nitrogen and oxygen atoms in total. The molecular formula is C13H21ClN2OS. The average Bonchev–Trinajstić information content (AvgIpc) is 2.34. The van der Waals surface area contributed by atoms with Crippen LogP contribution in [0.2, 0.25) is 0 Å². The summed E-state index contributed by atoms with van der Waals surface area (Å²) in [4.78, 5) is 2.16. The molecule has 0 saturated carbocycles. The molecule has 0 radical (unpaired) electrons. The van der Waals surface area contributed by atoms with Crippen LogP contribution in [0.3, 0.4) is 0 Å². The van der Waals surface area contributed by atoms with E-state index < -0.39 is 0 Å². The molecule has 1 rings (SSSR count). The molecule has 0 aromatic heterocycles. The lowest BCUT2D eigenvalue weighted by molar-refractivity contribution is 0.176. The highest BCUT2D eigenvalue weighted by Gasteiger charge is 2.13. The third-order valence-electron chi connectivity index (χ3n) is 2.66. The van der Waals surface area contributed by atoms with Crippen molar-refractivity contribution in [2.75, 3.05) is 27.7 Å². The second-order valence-electron chi connectivity index (χ2n) is 4.16. The Balaban J connectivity index is 0.00000289. The molecule has 0 aliphatic heterocycles. The molecule has 0 aliphatic carbocycles. The molecule has 0 saturated heterocycles. The van der Waals surface area contributed by atoms with Gasteiger partial charge in [0.25, 0.3) is 5.17 Å². The molecular weight excluding hydrogens is 268 g/mol. The summed E-state index contributed by atoms with van der Waals surface area (Å²) in [6.45, 7) is 0.599. The summed E-state index contributed by atoms with van der Waals surface area (Å²) in [7, 11) is 5.88. The Morgan fingerprint density at radius 1 is 1.33 bits per heavy atom. The van der Waals surface area contributed by atoms with Crippen molar-refractivity contribution in [2.45, 2.75) is 12.5 Å². The second-order valence-corrected chi connectivity index (χ2v) is 4.53. The lowest BCUT2D eigenvalue weighted by Crippen LogP contribution is -2.36. The Labute approximate surface area is 121 Å². The highest BCUT2D eigenvalue weighted by molar-refractivity contribution is 7.80. The zero-order chi connectivity index (χ0) is 12.7. The van der Waals surface area contributed by atoms with Crippen molar-refractivity contribution < 1.29 is 4.74 Å². The summed E-state index contributed by atoms with van der Waals surface area (Å²) in [6, 6.07) is 10.7. The van der Waals surface area contributed by atoms with Gasteiger partial charge in [-0.05, 0) is 38.3 Å². The summed E-state index contributed by atoms with van der Waals surface area (Å²) in [5, 5.41) is 3.26. The van der Waals surface area contributed by atoms with E-state index in [9.17, 15) is 0 Å². The number of rotatable bonds is 5. The number of hydrogen-bond acceptors (Lipinski definition) is 3. The van der Waals surface area contributed by atoms with Crippen LogP contribution in [0.1, 0.15) is 5.56 Å². The minimum Gasteiger partial charge on any atom is -0.469 e. The molecule has 1 aromatic rings. The maximum Gasteiger partial charge on any atom is 0.256 e. The number of thiocarbonyl (C=S) groups is 1. The molecule has 0 fully saturated rings. The summed E-state index contributed by atoms with van der Waals surface area (Å²) < 4.78 is 5.47. The first-order chi connectivity index (χ1) is 8.13. The number of halogens is 1. The maximum atomic E-state index is 5.47. The Morgan fingerprint density at radius 3 is 2.44 bits per heavy atom. The van der Waals surface area contributed by atoms with Crippen molar-refractivity contribution in [1.82, 2.24) is 10.2 Å². The van der Waals surface area contributed by atoms with E-state index in [1.165, 1.54) is 5.56 Å². The van der Waals surface area contributed by atoms with E-state index in [4.69, 9.17) is 17.0 Å². The lowest BCUT2D eigenvalue weighted by atomic mass is 10.1. The van der Waals surface area contributed by atoms with Gasteiger partial charge in [0.1, 0.15) is 6.61 Å². The van der Waals surface area contributed by atoms with Crippen molar-refractivity contribution >= 4 is 29.8 Å². The SMILES string of the molecule is CNC(=S)OCC(Cc1ccccc1)N(C)C.Cl. The molecule has 1 unspecified atom stereocenters. The summed E-state index contributed by atoms with van der Waals surface area (Å²) >= 11 is 4.97. The Hall–Kier alpha value is -0.840. The van der Waals surface area contributed by atoms with E-state index in [0.717, 1.165) is 6.42 Å². The molecule has 1 N–H and O–H groups in total. The molecule has 0 amide bonds. The standard InChI is InChI=1S/C13H20N2OS.ClH/c1-14-13(17)16-10-12(15(2)3)9-11-7-5-4-6-8-11;/h4-8,12H,9-10H2,1-3H3,(H,14,17);1H. The predicted molar refractivity (Wildman–Crippen MR) is 82.5 cm³/mol. The fourth-order valence-electron chi connectivity index (χ4n) is 1.52. The number of likely N-dealkylation sites (N-methyl/N-ethyl adjacent to an activating group) is 1. The van der Waals surface area contributed by atoms with Crippen molar-refractivity contribution in [3.05, 3.63) is 35.9 Å². The molecule has 0 heterocycles. The quantitative estimate of drug-likeness (QED) is 0.839. The van der Waals surface area contributed by atoms with Crippen LogP contribution in [0.4, 0.5) is 0 Å². The third-order valence-corrected chi connectivity index (χ3v) is 2.98. The van der Waals surface area contributed by atoms with Gasteiger partial charge in [0.2, 0.25) is 0 Å². The molecule has 0 aliphatic rings. The van der Waals surface area contributed by atoms with Gasteiger partial charge < -0.3 is 15.0 Å². The number of nitrogens with one attached hydrogen (secondary N) is 1. The number of nitrogens with zero attached hydrogens (tertiary/aromatic N) is 1. The van der Waals surface area contributed by atoms with Gasteiger partial charge >= 0.3 is 0 Å². The monoisotopic (exact) mass is 288 g/mol. The minimum atomic E-state index is 0. The first-order valence-corrected chi connectivity index (χ1v) is 6.09. The third kappa shape index (κ3) is 6.19. The fraction of sp³-hybridized carbons (Fsp3) is 0.462. The summed E-state index contributed by atoms with van der Waals surface area (Å²) in [5.41, 5.74) is 1.31. The van der Waals surface area contributed by atoms with Crippen molar-refractivity contribution in [1.29, 1.82) is 0 Å². The van der Waals surface area contributed by atoms with Gasteiger partial charge in [-0.3, -0.25) is 0 Å². The van der Waals surface area contributed by atoms with Gasteiger partial charge in [0, 0.05) is 13.1 Å². The average molecular weight is 289 g/mol. The van der Waals surface area contributed by atoms with E-state index in [2.05, 4.69) is 48.6 Å². The van der Waals surface area contributed by atoms with Crippen LogP contribution in [0.15, 0.2) is 30.3 Å². The maximum absolute atomic E-state index is 5.47. The van der Waals surface area contributed by atoms with Crippen LogP contribution in [0.25, 0.3) is 0 Å². The smallest absolute Gasteiger partial charge is 0.256 e. The first kappa shape index (κ1) is 17.2. The zero-order valence-electron chi connectivity index (χ0n) is 11.1. The van der Waals surface area contributed by atoms with Gasteiger partial charge in [0.05, 0.1) is 0 Å². The van der Waals surface area contributed by atoms with Crippen LogP contribution in [-0.2, 0) is 11.2 Å². The van der Waals surface area contributed by atoms with Gasteiger partial charge in [-0.1, -0.05) is 30.3 Å². The minimum absolute atomic E-state index is 0. The molecule has 102 valence electrons. The highest BCUT2D eigenvalue weighted by Crippen LogP contribution is 2.07. The number of ether oxygens (including phenoxy) is 1. The number of hydrogen-bond donors (Lipinski definition) is 1. The van der Waals surface area contributed by atoms with Crippen molar-refractivity contribution in [2.24, 2.45) is 0 Å². The summed E-state index contributed by atoms with van der Waals surface area (Å²) in [5.74, 6) is 0.